The van der Waals surface area contributed by atoms with Gasteiger partial charge in [0, 0.05) is 6.42 Å². The molecular weight excluding hydrogens is 871 g/mol. The molecule has 0 aromatic carbocycles. The summed E-state index contributed by atoms with van der Waals surface area (Å²) in [6.07, 6.45) is 47.7. The highest BCUT2D eigenvalue weighted by Gasteiger charge is 2.47. The van der Waals surface area contributed by atoms with Crippen LogP contribution in [-0.2, 0) is 23.8 Å². The summed E-state index contributed by atoms with van der Waals surface area (Å²) < 4.78 is 17.5. The van der Waals surface area contributed by atoms with Gasteiger partial charge in [0.25, 0.3) is 0 Å². The Hall–Kier alpha value is -3.16. The molecule has 1 aliphatic heterocycles. The zero-order valence-corrected chi connectivity index (χ0v) is 43.4. The fraction of sp³-hybridized carbons (Fsp3) is 0.724. The maximum atomic E-state index is 13.3. The number of unbranched alkanes of at least 4 members (excludes halogenated alkanes) is 22. The van der Waals surface area contributed by atoms with Gasteiger partial charge in [0.05, 0.1) is 25.4 Å². The molecule has 8 atom stereocenters. The minimum Gasteiger partial charge on any atom is -0.454 e. The van der Waals surface area contributed by atoms with Crippen molar-refractivity contribution in [2.45, 2.75) is 256 Å². The van der Waals surface area contributed by atoms with Crippen molar-refractivity contribution in [1.82, 2.24) is 5.32 Å². The van der Waals surface area contributed by atoms with Crippen molar-refractivity contribution in [2.75, 3.05) is 13.2 Å². The molecule has 0 aromatic rings. The molecule has 11 heteroatoms. The van der Waals surface area contributed by atoms with E-state index in [0.717, 1.165) is 103 Å². The van der Waals surface area contributed by atoms with Gasteiger partial charge in [-0.3, -0.25) is 9.59 Å². The van der Waals surface area contributed by atoms with Crippen LogP contribution in [0.4, 0.5) is 0 Å². The van der Waals surface area contributed by atoms with Crippen LogP contribution in [0.15, 0.2) is 85.1 Å². The first-order valence-corrected chi connectivity index (χ1v) is 27.4. The first-order chi connectivity index (χ1) is 33.7. The van der Waals surface area contributed by atoms with Gasteiger partial charge in [0.2, 0.25) is 5.91 Å². The molecule has 1 amide bonds. The zero-order valence-electron chi connectivity index (χ0n) is 43.4. The fourth-order valence-corrected chi connectivity index (χ4v) is 8.00. The minimum atomic E-state index is -1.63. The lowest BCUT2D eigenvalue weighted by Gasteiger charge is -2.41. The van der Waals surface area contributed by atoms with Crippen molar-refractivity contribution in [3.63, 3.8) is 0 Å². The number of carbonyl (C=O) groups is 2. The smallest absolute Gasteiger partial charge is 0.306 e. The molecule has 396 valence electrons. The van der Waals surface area contributed by atoms with Gasteiger partial charge in [0.1, 0.15) is 24.4 Å². The van der Waals surface area contributed by atoms with Crippen LogP contribution in [0, 0.1) is 0 Å². The number of hydrogen-bond acceptors (Lipinski definition) is 10. The summed E-state index contributed by atoms with van der Waals surface area (Å²) in [4.78, 5) is 26.4. The Kier molecular flexibility index (Phi) is 42.5. The number of carbonyl (C=O) groups excluding carboxylic acids is 2. The van der Waals surface area contributed by atoms with E-state index in [2.05, 4.69) is 62.5 Å². The predicted octanol–water partition coefficient (Wildman–Crippen LogP) is 11.8. The molecule has 0 aromatic heterocycles. The molecule has 1 aliphatic rings. The van der Waals surface area contributed by atoms with Gasteiger partial charge in [-0.05, 0) is 70.6 Å². The van der Waals surface area contributed by atoms with Crippen LogP contribution in [0.2, 0.25) is 0 Å². The summed E-state index contributed by atoms with van der Waals surface area (Å²) in [6, 6.07) is -1.04. The van der Waals surface area contributed by atoms with Gasteiger partial charge in [-0.15, -0.1) is 0 Å². The standard InChI is InChI=1S/C58H99NO10/c1-4-7-10-13-16-19-22-24-26-28-31-34-37-40-43-46-53(63)69-56-55(65)54(64)52(47-60)68-58(56)67-48-49(50(61)44-41-38-35-32-29-21-18-15-12-9-6-3)59-57(66)51(62)45-42-39-36-33-30-27-25-23-20-17-14-11-8-5-2/h8,11,14,16-17,19-20,22-25,27,41,44,49-52,54-56,58,60-62,64-65H,4-7,9-10,12-13,15,18,21,26,28-40,42-43,45-48H2,1-3H3,(H,59,66)/b11-8+,17-14+,19-16+,23-20+,24-22+,27-25-,44-41+. The lowest BCUT2D eigenvalue weighted by molar-refractivity contribution is -0.305. The van der Waals surface area contributed by atoms with E-state index in [9.17, 15) is 35.1 Å². The molecule has 8 unspecified atom stereocenters. The van der Waals surface area contributed by atoms with E-state index in [-0.39, 0.29) is 19.4 Å². The van der Waals surface area contributed by atoms with E-state index in [1.54, 1.807) is 6.08 Å². The number of ether oxygens (including phenoxy) is 3. The van der Waals surface area contributed by atoms with Crippen LogP contribution >= 0.6 is 0 Å². The Morgan fingerprint density at radius 1 is 0.580 bits per heavy atom. The lowest BCUT2D eigenvalue weighted by atomic mass is 9.99. The van der Waals surface area contributed by atoms with E-state index >= 15 is 0 Å². The van der Waals surface area contributed by atoms with E-state index < -0.39 is 67.4 Å². The van der Waals surface area contributed by atoms with Crippen molar-refractivity contribution in [1.29, 1.82) is 0 Å². The molecule has 0 aliphatic carbocycles. The van der Waals surface area contributed by atoms with E-state index in [0.29, 0.717) is 12.8 Å². The number of nitrogens with one attached hydrogen (secondary N) is 1. The van der Waals surface area contributed by atoms with Crippen LogP contribution < -0.4 is 5.32 Å². The van der Waals surface area contributed by atoms with Crippen LogP contribution in [0.25, 0.3) is 0 Å². The van der Waals surface area contributed by atoms with E-state index in [4.69, 9.17) is 14.2 Å². The van der Waals surface area contributed by atoms with Gasteiger partial charge in [-0.1, -0.05) is 215 Å². The highest BCUT2D eigenvalue weighted by molar-refractivity contribution is 5.80. The number of aliphatic hydroxyl groups is 5. The Labute approximate surface area is 419 Å². The molecule has 0 radical (unpaired) electrons. The summed E-state index contributed by atoms with van der Waals surface area (Å²) in [5.74, 6) is -1.24. The second-order valence-corrected chi connectivity index (χ2v) is 18.7. The van der Waals surface area contributed by atoms with Gasteiger partial charge < -0.3 is 45.1 Å². The molecule has 69 heavy (non-hydrogen) atoms. The highest BCUT2D eigenvalue weighted by Crippen LogP contribution is 2.26. The third kappa shape index (κ3) is 34.7. The van der Waals surface area contributed by atoms with Gasteiger partial charge in [0.15, 0.2) is 12.4 Å². The first kappa shape index (κ1) is 63.9. The van der Waals surface area contributed by atoms with Gasteiger partial charge in [-0.25, -0.2) is 0 Å². The van der Waals surface area contributed by atoms with E-state index in [1.807, 2.05) is 42.5 Å². The molecular formula is C58H99NO10. The second-order valence-electron chi connectivity index (χ2n) is 18.7. The lowest BCUT2D eigenvalue weighted by Crippen LogP contribution is -2.61. The number of amides is 1. The molecule has 1 saturated heterocycles. The zero-order chi connectivity index (χ0) is 50.4. The number of esters is 1. The summed E-state index contributed by atoms with van der Waals surface area (Å²) in [6.45, 7) is 5.56. The number of aliphatic hydroxyl groups excluding tert-OH is 5. The van der Waals surface area contributed by atoms with E-state index in [1.165, 1.54) is 57.8 Å². The maximum Gasteiger partial charge on any atom is 0.306 e. The third-order valence-corrected chi connectivity index (χ3v) is 12.4. The normalized spacial score (nSPS) is 20.5. The fourth-order valence-electron chi connectivity index (χ4n) is 8.00. The minimum absolute atomic E-state index is 0.103. The SMILES string of the molecule is CC/C=C/C=C/C=C/C=C\CCCCCCC(O)C(=O)NC(COC1OC(CO)C(O)C(O)C1OC(=O)CCCCCCCC/C=C/C=C/CCCCC)C(O)/C=C/CCCCCCCCCCC. The molecule has 1 heterocycles. The van der Waals surface area contributed by atoms with Crippen molar-refractivity contribution < 1.29 is 49.3 Å². The number of hydrogen-bond donors (Lipinski definition) is 6. The van der Waals surface area contributed by atoms with Crippen molar-refractivity contribution in [2.24, 2.45) is 0 Å². The van der Waals surface area contributed by atoms with Gasteiger partial charge >= 0.3 is 5.97 Å². The van der Waals surface area contributed by atoms with Crippen LogP contribution in [0.5, 0.6) is 0 Å². The predicted molar refractivity (Wildman–Crippen MR) is 282 cm³/mol. The molecule has 6 N–H and O–H groups in total. The molecule has 0 saturated carbocycles. The average Bonchev–Trinajstić information content (AvgIpc) is 3.34. The number of allylic oxidation sites excluding steroid dienone is 13. The Morgan fingerprint density at radius 2 is 1.04 bits per heavy atom. The van der Waals surface area contributed by atoms with Crippen molar-refractivity contribution in [3.8, 4) is 0 Å². The maximum absolute atomic E-state index is 13.3. The summed E-state index contributed by atoms with van der Waals surface area (Å²) in [5, 5.41) is 56.7. The highest BCUT2D eigenvalue weighted by atomic mass is 16.7. The quantitative estimate of drug-likeness (QED) is 0.0149. The summed E-state index contributed by atoms with van der Waals surface area (Å²) in [5.41, 5.74) is 0. The monoisotopic (exact) mass is 970 g/mol. The van der Waals surface area contributed by atoms with Gasteiger partial charge in [-0.2, -0.15) is 0 Å². The Morgan fingerprint density at radius 3 is 1.61 bits per heavy atom. The largest absolute Gasteiger partial charge is 0.454 e. The van der Waals surface area contributed by atoms with Crippen LogP contribution in [-0.4, -0.2) is 99.6 Å². The molecule has 1 rings (SSSR count). The Balaban J connectivity index is 2.78. The summed E-state index contributed by atoms with van der Waals surface area (Å²) in [7, 11) is 0. The van der Waals surface area contributed by atoms with Crippen LogP contribution in [0.3, 0.4) is 0 Å². The van der Waals surface area contributed by atoms with Crippen molar-refractivity contribution >= 4 is 11.9 Å². The topological polar surface area (TPSA) is 175 Å². The average molecular weight is 970 g/mol. The number of rotatable bonds is 44. The molecule has 11 nitrogen and oxygen atoms in total. The van der Waals surface area contributed by atoms with Crippen LogP contribution in [0.1, 0.15) is 207 Å². The third-order valence-electron chi connectivity index (χ3n) is 12.4. The molecule has 1 fully saturated rings. The first-order valence-electron chi connectivity index (χ1n) is 27.4. The second kappa shape index (κ2) is 45.9. The molecule has 0 bridgehead atoms. The molecule has 0 spiro atoms. The Bertz CT molecular complexity index is 1440. The summed E-state index contributed by atoms with van der Waals surface area (Å²) >= 11 is 0. The van der Waals surface area contributed by atoms with Crippen molar-refractivity contribution in [3.05, 3.63) is 85.1 Å².